The fourth-order valence-electron chi connectivity index (χ4n) is 3.75. The predicted molar refractivity (Wildman–Crippen MR) is 115 cm³/mol. The van der Waals surface area contributed by atoms with Gasteiger partial charge in [0.25, 0.3) is 5.91 Å². The molecule has 1 fully saturated rings. The number of pyridine rings is 1. The number of benzene rings is 2. The lowest BCUT2D eigenvalue weighted by atomic mass is 9.90. The number of aliphatic hydroxyl groups excluding tert-OH is 1. The Morgan fingerprint density at radius 3 is 2.03 bits per heavy atom. The molecule has 4 atom stereocenters. The second-order valence-corrected chi connectivity index (χ2v) is 8.07. The molecule has 0 aliphatic carbocycles. The molecule has 2 heterocycles. The SMILES string of the molecule is CN1C(=O)C([C@H](O)c2ccncc2)O[C@@H](c2ccc(Cl)cc2)C1c1ccc(Cl)cc1. The molecule has 0 radical (unpaired) electrons. The number of likely N-dealkylation sites (N-methyl/N-ethyl adjacent to an activating group) is 1. The largest absolute Gasteiger partial charge is 0.385 e. The summed E-state index contributed by atoms with van der Waals surface area (Å²) in [7, 11) is 1.72. The molecule has 5 nitrogen and oxygen atoms in total. The molecule has 2 aromatic carbocycles. The van der Waals surface area contributed by atoms with Crippen LogP contribution in [0, 0.1) is 0 Å². The molecule has 1 aliphatic heterocycles. The third-order valence-electron chi connectivity index (χ3n) is 5.33. The Kier molecular flexibility index (Phi) is 6.06. The molecular weight excluding hydrogens is 423 g/mol. The van der Waals surface area contributed by atoms with Crippen LogP contribution in [0.1, 0.15) is 34.9 Å². The molecule has 0 spiro atoms. The molecule has 1 N–H and O–H groups in total. The third kappa shape index (κ3) is 4.07. The number of aromatic nitrogens is 1. The van der Waals surface area contributed by atoms with Gasteiger partial charge in [-0.05, 0) is 53.1 Å². The van der Waals surface area contributed by atoms with E-state index in [2.05, 4.69) is 4.98 Å². The molecule has 1 aromatic heterocycles. The lowest BCUT2D eigenvalue weighted by Crippen LogP contribution is -2.51. The van der Waals surface area contributed by atoms with Crippen LogP contribution in [0.3, 0.4) is 0 Å². The minimum atomic E-state index is -1.12. The second-order valence-electron chi connectivity index (χ2n) is 7.20. The fraction of sp³-hybridized carbons (Fsp3) is 0.217. The number of hydrogen-bond donors (Lipinski definition) is 1. The molecule has 154 valence electrons. The van der Waals surface area contributed by atoms with Gasteiger partial charge in [-0.1, -0.05) is 47.5 Å². The smallest absolute Gasteiger partial charge is 0.255 e. The molecule has 7 heteroatoms. The Labute approximate surface area is 184 Å². The van der Waals surface area contributed by atoms with Crippen LogP contribution in [0.2, 0.25) is 10.0 Å². The van der Waals surface area contributed by atoms with Crippen LogP contribution in [0.4, 0.5) is 0 Å². The van der Waals surface area contributed by atoms with Gasteiger partial charge in [-0.2, -0.15) is 0 Å². The summed E-state index contributed by atoms with van der Waals surface area (Å²) in [5, 5.41) is 12.1. The summed E-state index contributed by atoms with van der Waals surface area (Å²) in [5.41, 5.74) is 2.30. The number of nitrogens with zero attached hydrogens (tertiary/aromatic N) is 2. The summed E-state index contributed by atoms with van der Waals surface area (Å²) < 4.78 is 6.27. The number of hydrogen-bond acceptors (Lipinski definition) is 4. The minimum Gasteiger partial charge on any atom is -0.385 e. The molecule has 2 unspecified atom stereocenters. The van der Waals surface area contributed by atoms with Gasteiger partial charge in [-0.15, -0.1) is 0 Å². The Hall–Kier alpha value is -2.44. The van der Waals surface area contributed by atoms with Crippen LogP contribution in [0.15, 0.2) is 73.1 Å². The van der Waals surface area contributed by atoms with Crippen molar-refractivity contribution >= 4 is 29.1 Å². The van der Waals surface area contributed by atoms with Crippen LogP contribution in [0.25, 0.3) is 0 Å². The van der Waals surface area contributed by atoms with Gasteiger partial charge in [-0.3, -0.25) is 9.78 Å². The van der Waals surface area contributed by atoms with Gasteiger partial charge < -0.3 is 14.7 Å². The number of carbonyl (C=O) groups excluding carboxylic acids is 1. The van der Waals surface area contributed by atoms with E-state index < -0.39 is 24.4 Å². The first-order chi connectivity index (χ1) is 14.5. The Morgan fingerprint density at radius 2 is 1.47 bits per heavy atom. The lowest BCUT2D eigenvalue weighted by Gasteiger charge is -2.44. The summed E-state index contributed by atoms with van der Waals surface area (Å²) in [5.74, 6) is -0.301. The van der Waals surface area contributed by atoms with Crippen LogP contribution in [-0.2, 0) is 9.53 Å². The highest BCUT2D eigenvalue weighted by Crippen LogP contribution is 2.43. The summed E-state index contributed by atoms with van der Waals surface area (Å²) in [6, 6.07) is 17.6. The van der Waals surface area contributed by atoms with Crippen molar-refractivity contribution in [3.8, 4) is 0 Å². The molecule has 1 saturated heterocycles. The van der Waals surface area contributed by atoms with E-state index in [1.54, 1.807) is 60.7 Å². The summed E-state index contributed by atoms with van der Waals surface area (Å²) >= 11 is 12.1. The van der Waals surface area contributed by atoms with Crippen LogP contribution < -0.4 is 0 Å². The third-order valence-corrected chi connectivity index (χ3v) is 5.84. The number of ether oxygens (including phenoxy) is 1. The summed E-state index contributed by atoms with van der Waals surface area (Å²) in [4.78, 5) is 18.8. The summed E-state index contributed by atoms with van der Waals surface area (Å²) in [6.07, 6.45) is 0.462. The summed E-state index contributed by atoms with van der Waals surface area (Å²) in [6.45, 7) is 0. The zero-order valence-electron chi connectivity index (χ0n) is 16.2. The first kappa shape index (κ1) is 20.8. The first-order valence-corrected chi connectivity index (χ1v) is 10.2. The van der Waals surface area contributed by atoms with Crippen molar-refractivity contribution in [3.63, 3.8) is 0 Å². The van der Waals surface area contributed by atoms with Crippen molar-refractivity contribution in [1.29, 1.82) is 0 Å². The highest BCUT2D eigenvalue weighted by molar-refractivity contribution is 6.30. The van der Waals surface area contributed by atoms with Gasteiger partial charge in [0.05, 0.1) is 6.04 Å². The number of rotatable bonds is 4. The van der Waals surface area contributed by atoms with E-state index in [-0.39, 0.29) is 5.91 Å². The number of carbonyl (C=O) groups is 1. The zero-order chi connectivity index (χ0) is 21.3. The lowest BCUT2D eigenvalue weighted by molar-refractivity contribution is -0.185. The van der Waals surface area contributed by atoms with Gasteiger partial charge in [0.15, 0.2) is 6.10 Å². The maximum atomic E-state index is 13.2. The minimum absolute atomic E-state index is 0.301. The van der Waals surface area contributed by atoms with Crippen LogP contribution >= 0.6 is 23.2 Å². The maximum Gasteiger partial charge on any atom is 0.255 e. The van der Waals surface area contributed by atoms with Crippen molar-refractivity contribution < 1.29 is 14.6 Å². The molecule has 0 bridgehead atoms. The van der Waals surface area contributed by atoms with Crippen LogP contribution in [0.5, 0.6) is 0 Å². The second kappa shape index (κ2) is 8.74. The molecule has 4 rings (SSSR count). The van der Waals surface area contributed by atoms with Crippen molar-refractivity contribution in [2.24, 2.45) is 0 Å². The number of amides is 1. The molecule has 3 aromatic rings. The monoisotopic (exact) mass is 442 g/mol. The van der Waals surface area contributed by atoms with Gasteiger partial charge in [-0.25, -0.2) is 0 Å². The first-order valence-electron chi connectivity index (χ1n) is 9.47. The van der Waals surface area contributed by atoms with E-state index in [1.165, 1.54) is 0 Å². The Morgan fingerprint density at radius 1 is 0.933 bits per heavy atom. The molecule has 1 aliphatic rings. The van der Waals surface area contributed by atoms with Crippen molar-refractivity contribution in [2.75, 3.05) is 7.05 Å². The average Bonchev–Trinajstić information content (AvgIpc) is 2.77. The fourth-order valence-corrected chi connectivity index (χ4v) is 4.00. The maximum absolute atomic E-state index is 13.2. The van der Waals surface area contributed by atoms with E-state index in [9.17, 15) is 9.90 Å². The van der Waals surface area contributed by atoms with E-state index in [0.717, 1.165) is 11.1 Å². The number of aliphatic hydroxyl groups is 1. The van der Waals surface area contributed by atoms with Gasteiger partial charge >= 0.3 is 0 Å². The Bertz CT molecular complexity index is 1010. The van der Waals surface area contributed by atoms with E-state index >= 15 is 0 Å². The number of halogens is 2. The standard InChI is InChI=1S/C23H20Cl2N2O3/c1-27-19(14-2-6-17(24)7-3-14)21(16-4-8-18(25)9-5-16)30-22(23(27)29)20(28)15-10-12-26-13-11-15/h2-13,19-22,28H,1H3/t19?,20-,21+,22?/m1/s1. The zero-order valence-corrected chi connectivity index (χ0v) is 17.7. The van der Waals surface area contributed by atoms with Gasteiger partial charge in [0.2, 0.25) is 0 Å². The van der Waals surface area contributed by atoms with Crippen molar-refractivity contribution in [3.05, 3.63) is 99.8 Å². The molecule has 30 heavy (non-hydrogen) atoms. The quantitative estimate of drug-likeness (QED) is 0.632. The van der Waals surface area contributed by atoms with E-state index in [1.807, 2.05) is 24.3 Å². The molecule has 1 amide bonds. The predicted octanol–water partition coefficient (Wildman–Crippen LogP) is 4.76. The van der Waals surface area contributed by atoms with Crippen molar-refractivity contribution in [2.45, 2.75) is 24.4 Å². The van der Waals surface area contributed by atoms with E-state index in [0.29, 0.717) is 15.6 Å². The Balaban J connectivity index is 1.74. The highest BCUT2D eigenvalue weighted by Gasteiger charge is 2.45. The van der Waals surface area contributed by atoms with Crippen molar-refractivity contribution in [1.82, 2.24) is 9.88 Å². The number of morpholine rings is 1. The van der Waals surface area contributed by atoms with Gasteiger partial charge in [0, 0.05) is 29.5 Å². The van der Waals surface area contributed by atoms with Crippen LogP contribution in [-0.4, -0.2) is 34.0 Å². The molecular formula is C23H20Cl2N2O3. The highest BCUT2D eigenvalue weighted by atomic mass is 35.5. The van der Waals surface area contributed by atoms with E-state index in [4.69, 9.17) is 27.9 Å². The average molecular weight is 443 g/mol. The van der Waals surface area contributed by atoms with Gasteiger partial charge in [0.1, 0.15) is 12.2 Å². The topological polar surface area (TPSA) is 62.7 Å². The molecule has 0 saturated carbocycles. The normalized spacial score (nSPS) is 22.7.